The molecular formula is C8H14F2N2O. The van der Waals surface area contributed by atoms with Crippen molar-refractivity contribution in [2.75, 3.05) is 13.1 Å². The zero-order valence-corrected chi connectivity index (χ0v) is 7.59. The van der Waals surface area contributed by atoms with Crippen molar-refractivity contribution in [2.24, 2.45) is 5.73 Å². The standard InChI is InChI=1S/C8H14F2N2O/c1-6(11)7(13)12-4-2-8(9,10)3-5-12/h6H,2-5,11H2,1H3/t6-/m1/s1. The van der Waals surface area contributed by atoms with Crippen LogP contribution in [0, 0.1) is 0 Å². The summed E-state index contributed by atoms with van der Waals surface area (Å²) in [7, 11) is 0. The number of alkyl halides is 2. The average Bonchev–Trinajstić information content (AvgIpc) is 2.03. The van der Waals surface area contributed by atoms with Crippen LogP contribution in [0.5, 0.6) is 0 Å². The molecule has 1 aliphatic heterocycles. The van der Waals surface area contributed by atoms with Crippen molar-refractivity contribution in [3.63, 3.8) is 0 Å². The average molecular weight is 192 g/mol. The molecule has 3 nitrogen and oxygen atoms in total. The number of hydrogen-bond donors (Lipinski definition) is 1. The molecule has 0 saturated carbocycles. The van der Waals surface area contributed by atoms with Gasteiger partial charge in [0.05, 0.1) is 6.04 Å². The number of nitrogens with zero attached hydrogens (tertiary/aromatic N) is 1. The molecule has 1 amide bonds. The molecule has 5 heteroatoms. The highest BCUT2D eigenvalue weighted by Crippen LogP contribution is 2.27. The highest BCUT2D eigenvalue weighted by atomic mass is 19.3. The van der Waals surface area contributed by atoms with Crippen LogP contribution in [0.2, 0.25) is 0 Å². The largest absolute Gasteiger partial charge is 0.341 e. The van der Waals surface area contributed by atoms with Gasteiger partial charge in [0.25, 0.3) is 5.92 Å². The van der Waals surface area contributed by atoms with E-state index in [0.29, 0.717) is 0 Å². The van der Waals surface area contributed by atoms with Gasteiger partial charge in [0.15, 0.2) is 0 Å². The molecule has 1 atom stereocenters. The lowest BCUT2D eigenvalue weighted by molar-refractivity contribution is -0.138. The molecule has 0 radical (unpaired) electrons. The maximum Gasteiger partial charge on any atom is 0.251 e. The van der Waals surface area contributed by atoms with E-state index in [1.54, 1.807) is 6.92 Å². The fourth-order valence-electron chi connectivity index (χ4n) is 1.34. The monoisotopic (exact) mass is 192 g/mol. The van der Waals surface area contributed by atoms with Crippen LogP contribution in [0.25, 0.3) is 0 Å². The highest BCUT2D eigenvalue weighted by Gasteiger charge is 2.35. The summed E-state index contributed by atoms with van der Waals surface area (Å²) < 4.78 is 25.3. The number of carbonyl (C=O) groups excluding carboxylic acids is 1. The summed E-state index contributed by atoms with van der Waals surface area (Å²) in [5, 5.41) is 0. The first-order valence-corrected chi connectivity index (χ1v) is 4.34. The summed E-state index contributed by atoms with van der Waals surface area (Å²) in [6, 6.07) is -0.591. The summed E-state index contributed by atoms with van der Waals surface area (Å²) in [6.07, 6.45) is -0.489. The van der Waals surface area contributed by atoms with Gasteiger partial charge in [0, 0.05) is 25.9 Å². The van der Waals surface area contributed by atoms with E-state index < -0.39 is 12.0 Å². The van der Waals surface area contributed by atoms with Crippen molar-refractivity contribution in [3.8, 4) is 0 Å². The molecule has 0 unspecified atom stereocenters. The van der Waals surface area contributed by atoms with E-state index in [1.807, 2.05) is 0 Å². The molecule has 0 bridgehead atoms. The Balaban J connectivity index is 2.46. The summed E-state index contributed by atoms with van der Waals surface area (Å²) in [5.41, 5.74) is 5.36. The summed E-state index contributed by atoms with van der Waals surface area (Å²) in [5.74, 6) is -2.84. The zero-order chi connectivity index (χ0) is 10.1. The Kier molecular flexibility index (Phi) is 2.85. The lowest BCUT2D eigenvalue weighted by Gasteiger charge is -2.32. The van der Waals surface area contributed by atoms with E-state index in [1.165, 1.54) is 4.90 Å². The number of hydrogen-bond acceptors (Lipinski definition) is 2. The van der Waals surface area contributed by atoms with E-state index in [-0.39, 0.29) is 31.8 Å². The Morgan fingerprint density at radius 1 is 1.46 bits per heavy atom. The molecule has 0 aliphatic carbocycles. The van der Waals surface area contributed by atoms with Crippen LogP contribution in [-0.2, 0) is 4.79 Å². The number of amides is 1. The second-order valence-electron chi connectivity index (χ2n) is 3.47. The first-order valence-electron chi connectivity index (χ1n) is 4.34. The maximum absolute atomic E-state index is 12.7. The van der Waals surface area contributed by atoms with Crippen molar-refractivity contribution in [2.45, 2.75) is 31.7 Å². The van der Waals surface area contributed by atoms with Crippen molar-refractivity contribution in [1.29, 1.82) is 0 Å². The van der Waals surface area contributed by atoms with Gasteiger partial charge in [-0.15, -0.1) is 0 Å². The van der Waals surface area contributed by atoms with E-state index in [0.717, 1.165) is 0 Å². The van der Waals surface area contributed by atoms with Crippen LogP contribution in [0.4, 0.5) is 8.78 Å². The Bertz CT molecular complexity index is 196. The zero-order valence-electron chi connectivity index (χ0n) is 7.59. The van der Waals surface area contributed by atoms with E-state index in [9.17, 15) is 13.6 Å². The third-order valence-electron chi connectivity index (χ3n) is 2.20. The Morgan fingerprint density at radius 2 is 1.92 bits per heavy atom. The molecule has 1 rings (SSSR count). The molecule has 76 valence electrons. The van der Waals surface area contributed by atoms with Gasteiger partial charge in [0.2, 0.25) is 5.91 Å². The SMILES string of the molecule is C[C@@H](N)C(=O)N1CCC(F)(F)CC1. The van der Waals surface area contributed by atoms with Crippen molar-refractivity contribution < 1.29 is 13.6 Å². The smallest absolute Gasteiger partial charge is 0.251 e. The molecule has 0 aromatic rings. The first kappa shape index (κ1) is 10.4. The third kappa shape index (κ3) is 2.62. The number of rotatable bonds is 1. The number of likely N-dealkylation sites (tertiary alicyclic amines) is 1. The number of carbonyl (C=O) groups is 1. The molecule has 2 N–H and O–H groups in total. The quantitative estimate of drug-likeness (QED) is 0.661. The predicted molar refractivity (Wildman–Crippen MR) is 44.4 cm³/mol. The Hall–Kier alpha value is -0.710. The van der Waals surface area contributed by atoms with Crippen LogP contribution in [-0.4, -0.2) is 35.9 Å². The fraction of sp³-hybridized carbons (Fsp3) is 0.875. The minimum atomic E-state index is -2.60. The van der Waals surface area contributed by atoms with Gasteiger partial charge in [-0.25, -0.2) is 8.78 Å². The number of piperidine rings is 1. The molecular weight excluding hydrogens is 178 g/mol. The van der Waals surface area contributed by atoms with Gasteiger partial charge in [-0.2, -0.15) is 0 Å². The molecule has 0 aromatic carbocycles. The van der Waals surface area contributed by atoms with Crippen molar-refractivity contribution >= 4 is 5.91 Å². The number of halogens is 2. The second-order valence-corrected chi connectivity index (χ2v) is 3.47. The first-order chi connectivity index (χ1) is 5.92. The molecule has 0 spiro atoms. The Labute approximate surface area is 75.9 Å². The number of nitrogens with two attached hydrogens (primary N) is 1. The summed E-state index contributed by atoms with van der Waals surface area (Å²) >= 11 is 0. The van der Waals surface area contributed by atoms with E-state index >= 15 is 0 Å². The molecule has 1 aliphatic rings. The van der Waals surface area contributed by atoms with Gasteiger partial charge in [-0.3, -0.25) is 4.79 Å². The van der Waals surface area contributed by atoms with Crippen LogP contribution in [0.15, 0.2) is 0 Å². The van der Waals surface area contributed by atoms with Gasteiger partial charge in [0.1, 0.15) is 0 Å². The second kappa shape index (κ2) is 3.57. The van der Waals surface area contributed by atoms with Crippen LogP contribution < -0.4 is 5.73 Å². The fourth-order valence-corrected chi connectivity index (χ4v) is 1.34. The third-order valence-corrected chi connectivity index (χ3v) is 2.20. The summed E-state index contributed by atoms with van der Waals surface area (Å²) in [6.45, 7) is 1.80. The lowest BCUT2D eigenvalue weighted by atomic mass is 10.1. The van der Waals surface area contributed by atoms with E-state index in [2.05, 4.69) is 0 Å². The molecule has 1 heterocycles. The van der Waals surface area contributed by atoms with Crippen molar-refractivity contribution in [1.82, 2.24) is 4.90 Å². The molecule has 13 heavy (non-hydrogen) atoms. The van der Waals surface area contributed by atoms with Gasteiger partial charge in [-0.1, -0.05) is 0 Å². The topological polar surface area (TPSA) is 46.3 Å². The van der Waals surface area contributed by atoms with Crippen LogP contribution in [0.1, 0.15) is 19.8 Å². The van der Waals surface area contributed by atoms with Gasteiger partial charge in [-0.05, 0) is 6.92 Å². The molecule has 1 fully saturated rings. The van der Waals surface area contributed by atoms with Crippen molar-refractivity contribution in [3.05, 3.63) is 0 Å². The van der Waals surface area contributed by atoms with Gasteiger partial charge < -0.3 is 10.6 Å². The Morgan fingerprint density at radius 3 is 2.31 bits per heavy atom. The highest BCUT2D eigenvalue weighted by molar-refractivity contribution is 5.81. The normalized spacial score (nSPS) is 24.2. The van der Waals surface area contributed by atoms with Crippen LogP contribution in [0.3, 0.4) is 0 Å². The lowest BCUT2D eigenvalue weighted by Crippen LogP contribution is -2.48. The van der Waals surface area contributed by atoms with Crippen LogP contribution >= 0.6 is 0 Å². The summed E-state index contributed by atoms with van der Waals surface area (Å²) in [4.78, 5) is 12.7. The molecule has 1 saturated heterocycles. The van der Waals surface area contributed by atoms with E-state index in [4.69, 9.17) is 5.73 Å². The molecule has 0 aromatic heterocycles. The minimum Gasteiger partial charge on any atom is -0.341 e. The van der Waals surface area contributed by atoms with Gasteiger partial charge >= 0.3 is 0 Å². The maximum atomic E-state index is 12.7. The minimum absolute atomic E-state index is 0.118. The predicted octanol–water partition coefficient (Wildman–Crippen LogP) is 0.591.